The minimum Gasteiger partial charge on any atom is -0.491 e. The highest BCUT2D eigenvalue weighted by Gasteiger charge is 2.13. The van der Waals surface area contributed by atoms with E-state index in [4.69, 9.17) is 9.47 Å². The maximum Gasteiger partial charge on any atom is 0.257 e. The number of aliphatic hydroxyl groups excluding tert-OH is 1. The van der Waals surface area contributed by atoms with Crippen LogP contribution in [0, 0.1) is 0 Å². The average Bonchev–Trinajstić information content (AvgIpc) is 3.20. The van der Waals surface area contributed by atoms with Crippen LogP contribution >= 0.6 is 11.3 Å². The van der Waals surface area contributed by atoms with E-state index in [1.807, 2.05) is 32.9 Å². The van der Waals surface area contributed by atoms with Crippen LogP contribution in [0.4, 0.5) is 5.13 Å². The molecule has 3 aromatic rings. The Bertz CT molecular complexity index is 940. The number of nitrogens with zero attached hydrogens (tertiary/aromatic N) is 1. The lowest BCUT2D eigenvalue weighted by Crippen LogP contribution is -2.13. The van der Waals surface area contributed by atoms with Crippen molar-refractivity contribution in [3.63, 3.8) is 0 Å². The molecule has 0 saturated carbocycles. The van der Waals surface area contributed by atoms with Crippen molar-refractivity contribution in [1.29, 1.82) is 0 Å². The summed E-state index contributed by atoms with van der Waals surface area (Å²) in [5.74, 6) is 1.33. The van der Waals surface area contributed by atoms with Gasteiger partial charge in [-0.2, -0.15) is 0 Å². The molecule has 2 aromatic carbocycles. The summed E-state index contributed by atoms with van der Waals surface area (Å²) in [5.41, 5.74) is 1.24. The van der Waals surface area contributed by atoms with Crippen LogP contribution in [0.15, 0.2) is 54.0 Å². The molecule has 1 unspecified atom stereocenters. The van der Waals surface area contributed by atoms with E-state index < -0.39 is 6.10 Å². The molecule has 1 aromatic heterocycles. The van der Waals surface area contributed by atoms with Gasteiger partial charge in [-0.15, -0.1) is 11.3 Å². The molecule has 2 N–H and O–H groups in total. The lowest BCUT2D eigenvalue weighted by molar-refractivity contribution is 0.102. The van der Waals surface area contributed by atoms with E-state index in [0.717, 1.165) is 5.56 Å². The van der Waals surface area contributed by atoms with E-state index in [2.05, 4.69) is 10.3 Å². The minimum absolute atomic E-state index is 0.0464. The Labute approximate surface area is 174 Å². The zero-order valence-electron chi connectivity index (χ0n) is 16.6. The second-order valence-electron chi connectivity index (χ2n) is 6.75. The predicted octanol–water partition coefficient (Wildman–Crippen LogP) is 5.42. The predicted molar refractivity (Wildman–Crippen MR) is 114 cm³/mol. The van der Waals surface area contributed by atoms with Crippen LogP contribution in [0.25, 0.3) is 0 Å². The molecule has 0 spiro atoms. The van der Waals surface area contributed by atoms with E-state index >= 15 is 0 Å². The number of aliphatic hydroxyl groups is 1. The zero-order chi connectivity index (χ0) is 20.8. The molecule has 0 aliphatic rings. The first-order valence-corrected chi connectivity index (χ1v) is 10.3. The Hall–Kier alpha value is -2.90. The van der Waals surface area contributed by atoms with Crippen molar-refractivity contribution in [2.45, 2.75) is 39.4 Å². The third-order valence-electron chi connectivity index (χ3n) is 4.05. The third kappa shape index (κ3) is 5.79. The standard InChI is InChI=1S/C22H24N2O4S/c1-4-20(25)15-5-7-17(8-6-15)28-19-12-16(11-18(13-19)27-14(2)3)21(26)24-22-23-9-10-29-22/h5-14,20,25H,4H2,1-3H3,(H,23,24,26). The highest BCUT2D eigenvalue weighted by molar-refractivity contribution is 7.13. The van der Waals surface area contributed by atoms with Gasteiger partial charge < -0.3 is 14.6 Å². The number of thiazole rings is 1. The molecule has 1 amide bonds. The van der Waals surface area contributed by atoms with Gasteiger partial charge in [0.15, 0.2) is 5.13 Å². The number of nitrogens with one attached hydrogen (secondary N) is 1. The number of hydrogen-bond acceptors (Lipinski definition) is 6. The summed E-state index contributed by atoms with van der Waals surface area (Å²) in [7, 11) is 0. The number of carbonyl (C=O) groups is 1. The van der Waals surface area contributed by atoms with Crippen LogP contribution in [0.3, 0.4) is 0 Å². The zero-order valence-corrected chi connectivity index (χ0v) is 17.4. The molecule has 1 atom stereocenters. The Morgan fingerprint density at radius 3 is 2.48 bits per heavy atom. The monoisotopic (exact) mass is 412 g/mol. The lowest BCUT2D eigenvalue weighted by Gasteiger charge is -2.14. The quantitative estimate of drug-likeness (QED) is 0.516. The van der Waals surface area contributed by atoms with Gasteiger partial charge in [-0.1, -0.05) is 19.1 Å². The molecule has 0 aliphatic heterocycles. The number of rotatable bonds is 8. The maximum absolute atomic E-state index is 12.6. The number of benzene rings is 2. The number of aromatic nitrogens is 1. The number of ether oxygens (including phenoxy) is 2. The van der Waals surface area contributed by atoms with Gasteiger partial charge in [0, 0.05) is 23.2 Å². The molecule has 0 saturated heterocycles. The molecule has 1 heterocycles. The van der Waals surface area contributed by atoms with Crippen molar-refractivity contribution in [2.24, 2.45) is 0 Å². The fourth-order valence-corrected chi connectivity index (χ4v) is 3.21. The first kappa shape index (κ1) is 20.8. The van der Waals surface area contributed by atoms with Crippen molar-refractivity contribution < 1.29 is 19.4 Å². The van der Waals surface area contributed by atoms with Crippen LogP contribution in [-0.4, -0.2) is 22.1 Å². The van der Waals surface area contributed by atoms with Crippen LogP contribution in [0.5, 0.6) is 17.2 Å². The molecule has 0 aliphatic carbocycles. The van der Waals surface area contributed by atoms with Gasteiger partial charge in [0.2, 0.25) is 0 Å². The highest BCUT2D eigenvalue weighted by atomic mass is 32.1. The van der Waals surface area contributed by atoms with Crippen LogP contribution in [0.2, 0.25) is 0 Å². The van der Waals surface area contributed by atoms with Gasteiger partial charge >= 0.3 is 0 Å². The Morgan fingerprint density at radius 1 is 1.14 bits per heavy atom. The van der Waals surface area contributed by atoms with Crippen LogP contribution in [0.1, 0.15) is 49.2 Å². The van der Waals surface area contributed by atoms with Crippen LogP contribution in [-0.2, 0) is 0 Å². The largest absolute Gasteiger partial charge is 0.491 e. The van der Waals surface area contributed by atoms with E-state index in [0.29, 0.717) is 34.4 Å². The minimum atomic E-state index is -0.493. The average molecular weight is 413 g/mol. The molecule has 29 heavy (non-hydrogen) atoms. The first-order chi connectivity index (χ1) is 13.9. The van der Waals surface area contributed by atoms with Gasteiger partial charge in [-0.3, -0.25) is 10.1 Å². The second kappa shape index (κ2) is 9.54. The fraction of sp³-hybridized carbons (Fsp3) is 0.273. The van der Waals surface area contributed by atoms with Crippen LogP contribution < -0.4 is 14.8 Å². The molecular formula is C22H24N2O4S. The third-order valence-corrected chi connectivity index (χ3v) is 4.74. The molecule has 3 rings (SSSR count). The van der Waals surface area contributed by atoms with Gasteiger partial charge in [0.1, 0.15) is 17.2 Å². The van der Waals surface area contributed by atoms with Crippen molar-refractivity contribution in [3.8, 4) is 17.2 Å². The molecular weight excluding hydrogens is 388 g/mol. The molecule has 0 fully saturated rings. The summed E-state index contributed by atoms with van der Waals surface area (Å²) in [4.78, 5) is 16.7. The summed E-state index contributed by atoms with van der Waals surface area (Å²) in [6.07, 6.45) is 1.74. The molecule has 6 nitrogen and oxygen atoms in total. The molecule has 152 valence electrons. The summed E-state index contributed by atoms with van der Waals surface area (Å²) < 4.78 is 11.7. The first-order valence-electron chi connectivity index (χ1n) is 9.43. The van der Waals surface area contributed by atoms with E-state index in [-0.39, 0.29) is 12.0 Å². The number of hydrogen-bond donors (Lipinski definition) is 2. The normalized spacial score (nSPS) is 11.9. The topological polar surface area (TPSA) is 80.7 Å². The Balaban J connectivity index is 1.83. The van der Waals surface area contributed by atoms with Crippen molar-refractivity contribution in [1.82, 2.24) is 4.98 Å². The fourth-order valence-electron chi connectivity index (χ4n) is 2.69. The highest BCUT2D eigenvalue weighted by Crippen LogP contribution is 2.30. The van der Waals surface area contributed by atoms with Crippen molar-refractivity contribution >= 4 is 22.4 Å². The van der Waals surface area contributed by atoms with Crippen molar-refractivity contribution in [3.05, 3.63) is 65.2 Å². The molecule has 7 heteroatoms. The summed E-state index contributed by atoms with van der Waals surface area (Å²) >= 11 is 1.35. The number of anilines is 1. The SMILES string of the molecule is CCC(O)c1ccc(Oc2cc(OC(C)C)cc(C(=O)Nc3nccs3)c2)cc1. The number of amides is 1. The summed E-state index contributed by atoms with van der Waals surface area (Å²) in [5, 5.41) is 15.0. The summed E-state index contributed by atoms with van der Waals surface area (Å²) in [6, 6.07) is 12.3. The summed E-state index contributed by atoms with van der Waals surface area (Å²) in [6.45, 7) is 5.76. The lowest BCUT2D eigenvalue weighted by atomic mass is 10.1. The Kier molecular flexibility index (Phi) is 6.85. The smallest absolute Gasteiger partial charge is 0.257 e. The van der Waals surface area contributed by atoms with Gasteiger partial charge in [-0.05, 0) is 50.1 Å². The van der Waals surface area contributed by atoms with Gasteiger partial charge in [0.25, 0.3) is 5.91 Å². The maximum atomic E-state index is 12.6. The van der Waals surface area contributed by atoms with E-state index in [1.54, 1.807) is 41.9 Å². The second-order valence-corrected chi connectivity index (χ2v) is 7.64. The van der Waals surface area contributed by atoms with E-state index in [9.17, 15) is 9.90 Å². The number of carbonyl (C=O) groups excluding carboxylic acids is 1. The van der Waals surface area contributed by atoms with E-state index in [1.165, 1.54) is 11.3 Å². The Morgan fingerprint density at radius 2 is 1.86 bits per heavy atom. The van der Waals surface area contributed by atoms with Gasteiger partial charge in [0.05, 0.1) is 12.2 Å². The van der Waals surface area contributed by atoms with Crippen molar-refractivity contribution in [2.75, 3.05) is 5.32 Å². The van der Waals surface area contributed by atoms with Gasteiger partial charge in [-0.25, -0.2) is 4.98 Å². The molecule has 0 radical (unpaired) electrons. The molecule has 0 bridgehead atoms.